The molecule has 1 heterocycles. The number of hydrogen-bond donors (Lipinski definition) is 2. The molecule has 0 saturated heterocycles. The van der Waals surface area contributed by atoms with E-state index in [0.29, 0.717) is 12.6 Å². The SMILES string of the molecule is Cc1cc(CNC(C)CN)c(C)nn1. The zero-order valence-corrected chi connectivity index (χ0v) is 9.04. The third-order valence-corrected chi connectivity index (χ3v) is 2.20. The predicted molar refractivity (Wildman–Crippen MR) is 56.9 cm³/mol. The summed E-state index contributed by atoms with van der Waals surface area (Å²) < 4.78 is 0. The lowest BCUT2D eigenvalue weighted by molar-refractivity contribution is 0.553. The van der Waals surface area contributed by atoms with Crippen molar-refractivity contribution in [3.05, 3.63) is 23.0 Å². The summed E-state index contributed by atoms with van der Waals surface area (Å²) in [5.41, 5.74) is 8.64. The lowest BCUT2D eigenvalue weighted by atomic mass is 10.2. The Morgan fingerprint density at radius 3 is 2.79 bits per heavy atom. The minimum absolute atomic E-state index is 0.336. The smallest absolute Gasteiger partial charge is 0.0645 e. The van der Waals surface area contributed by atoms with Crippen LogP contribution in [0.1, 0.15) is 23.9 Å². The first-order valence-corrected chi connectivity index (χ1v) is 4.86. The van der Waals surface area contributed by atoms with Crippen LogP contribution in [0, 0.1) is 13.8 Å². The van der Waals surface area contributed by atoms with Gasteiger partial charge in [0.15, 0.2) is 0 Å². The fourth-order valence-electron chi connectivity index (χ4n) is 1.15. The zero-order chi connectivity index (χ0) is 10.6. The average molecular weight is 194 g/mol. The summed E-state index contributed by atoms with van der Waals surface area (Å²) in [5, 5.41) is 11.4. The molecule has 0 aromatic carbocycles. The van der Waals surface area contributed by atoms with Gasteiger partial charge in [0.05, 0.1) is 11.4 Å². The van der Waals surface area contributed by atoms with E-state index in [0.717, 1.165) is 17.9 Å². The summed E-state index contributed by atoms with van der Waals surface area (Å²) in [6.07, 6.45) is 0. The standard InChI is InChI=1S/C10H18N4/c1-7-4-10(9(3)14-13-7)6-12-8(2)5-11/h4,8,12H,5-6,11H2,1-3H3. The van der Waals surface area contributed by atoms with Crippen molar-refractivity contribution in [3.8, 4) is 0 Å². The summed E-state index contributed by atoms with van der Waals surface area (Å²) in [6.45, 7) is 7.44. The van der Waals surface area contributed by atoms with E-state index in [9.17, 15) is 0 Å². The second-order valence-electron chi connectivity index (χ2n) is 3.61. The number of nitrogens with two attached hydrogens (primary N) is 1. The molecular weight excluding hydrogens is 176 g/mol. The van der Waals surface area contributed by atoms with Gasteiger partial charge in [-0.3, -0.25) is 0 Å². The van der Waals surface area contributed by atoms with E-state index >= 15 is 0 Å². The zero-order valence-electron chi connectivity index (χ0n) is 9.04. The summed E-state index contributed by atoms with van der Waals surface area (Å²) in [5.74, 6) is 0. The first-order valence-electron chi connectivity index (χ1n) is 4.86. The number of hydrogen-bond acceptors (Lipinski definition) is 4. The van der Waals surface area contributed by atoms with Gasteiger partial charge in [-0.2, -0.15) is 10.2 Å². The summed E-state index contributed by atoms with van der Waals surface area (Å²) in [6, 6.07) is 2.39. The Bertz CT molecular complexity index is 298. The van der Waals surface area contributed by atoms with E-state index < -0.39 is 0 Å². The van der Waals surface area contributed by atoms with Crippen LogP contribution in [-0.4, -0.2) is 22.8 Å². The van der Waals surface area contributed by atoms with E-state index in [1.807, 2.05) is 13.8 Å². The maximum atomic E-state index is 5.51. The van der Waals surface area contributed by atoms with Crippen LogP contribution in [0.5, 0.6) is 0 Å². The van der Waals surface area contributed by atoms with Crippen molar-refractivity contribution in [3.63, 3.8) is 0 Å². The van der Waals surface area contributed by atoms with E-state index in [-0.39, 0.29) is 0 Å². The molecular formula is C10H18N4. The average Bonchev–Trinajstić information content (AvgIpc) is 2.19. The molecule has 1 atom stereocenters. The third-order valence-electron chi connectivity index (χ3n) is 2.20. The third kappa shape index (κ3) is 3.05. The number of rotatable bonds is 4. The highest BCUT2D eigenvalue weighted by molar-refractivity contribution is 5.19. The van der Waals surface area contributed by atoms with Gasteiger partial charge in [-0.25, -0.2) is 0 Å². The number of aromatic nitrogens is 2. The van der Waals surface area contributed by atoms with Gasteiger partial charge in [-0.1, -0.05) is 0 Å². The van der Waals surface area contributed by atoms with Gasteiger partial charge < -0.3 is 11.1 Å². The van der Waals surface area contributed by atoms with Gasteiger partial charge in [0, 0.05) is 19.1 Å². The Balaban J connectivity index is 2.62. The fourth-order valence-corrected chi connectivity index (χ4v) is 1.15. The summed E-state index contributed by atoms with van der Waals surface area (Å²) in [4.78, 5) is 0. The lowest BCUT2D eigenvalue weighted by Gasteiger charge is -2.12. The van der Waals surface area contributed by atoms with E-state index in [1.165, 1.54) is 5.56 Å². The molecule has 4 nitrogen and oxygen atoms in total. The van der Waals surface area contributed by atoms with Crippen LogP contribution in [0.2, 0.25) is 0 Å². The molecule has 1 aromatic heterocycles. The molecule has 1 aromatic rings. The minimum Gasteiger partial charge on any atom is -0.329 e. The normalized spacial score (nSPS) is 12.9. The first-order chi connectivity index (χ1) is 6.63. The van der Waals surface area contributed by atoms with Crippen molar-refractivity contribution >= 4 is 0 Å². The van der Waals surface area contributed by atoms with Crippen molar-refractivity contribution < 1.29 is 0 Å². The molecule has 0 aliphatic rings. The maximum Gasteiger partial charge on any atom is 0.0645 e. The lowest BCUT2D eigenvalue weighted by Crippen LogP contribution is -2.32. The van der Waals surface area contributed by atoms with Crippen LogP contribution < -0.4 is 11.1 Å². The summed E-state index contributed by atoms with van der Waals surface area (Å²) in [7, 11) is 0. The van der Waals surface area contributed by atoms with Crippen LogP contribution in [-0.2, 0) is 6.54 Å². The molecule has 0 bridgehead atoms. The largest absolute Gasteiger partial charge is 0.329 e. The Hall–Kier alpha value is -1.00. The molecule has 0 aliphatic heterocycles. The van der Waals surface area contributed by atoms with Crippen LogP contribution in [0.3, 0.4) is 0 Å². The Labute approximate surface area is 84.9 Å². The Morgan fingerprint density at radius 1 is 1.43 bits per heavy atom. The first kappa shape index (κ1) is 11.1. The Morgan fingerprint density at radius 2 is 2.14 bits per heavy atom. The molecule has 0 fully saturated rings. The monoisotopic (exact) mass is 194 g/mol. The molecule has 0 amide bonds. The van der Waals surface area contributed by atoms with Gasteiger partial charge in [0.1, 0.15) is 0 Å². The molecule has 78 valence electrons. The second kappa shape index (κ2) is 5.02. The van der Waals surface area contributed by atoms with E-state index in [1.54, 1.807) is 0 Å². The minimum atomic E-state index is 0.336. The van der Waals surface area contributed by atoms with Crippen molar-refractivity contribution in [1.82, 2.24) is 15.5 Å². The number of aryl methyl sites for hydroxylation is 2. The van der Waals surface area contributed by atoms with Gasteiger partial charge in [0.2, 0.25) is 0 Å². The molecule has 0 radical (unpaired) electrons. The quantitative estimate of drug-likeness (QED) is 0.734. The summed E-state index contributed by atoms with van der Waals surface area (Å²) >= 11 is 0. The molecule has 0 spiro atoms. The van der Waals surface area contributed by atoms with Gasteiger partial charge >= 0.3 is 0 Å². The fraction of sp³-hybridized carbons (Fsp3) is 0.600. The molecule has 4 heteroatoms. The van der Waals surface area contributed by atoms with Crippen LogP contribution in [0.4, 0.5) is 0 Å². The van der Waals surface area contributed by atoms with Crippen molar-refractivity contribution in [2.24, 2.45) is 5.73 Å². The van der Waals surface area contributed by atoms with Gasteiger partial charge in [-0.05, 0) is 32.4 Å². The molecule has 0 saturated carbocycles. The molecule has 14 heavy (non-hydrogen) atoms. The highest BCUT2D eigenvalue weighted by atomic mass is 15.1. The number of nitrogens with one attached hydrogen (secondary N) is 1. The van der Waals surface area contributed by atoms with Crippen molar-refractivity contribution in [2.45, 2.75) is 33.4 Å². The van der Waals surface area contributed by atoms with E-state index in [4.69, 9.17) is 5.73 Å². The van der Waals surface area contributed by atoms with Crippen molar-refractivity contribution in [1.29, 1.82) is 0 Å². The van der Waals surface area contributed by atoms with Crippen molar-refractivity contribution in [2.75, 3.05) is 6.54 Å². The van der Waals surface area contributed by atoms with E-state index in [2.05, 4.69) is 28.5 Å². The van der Waals surface area contributed by atoms with Gasteiger partial charge in [-0.15, -0.1) is 0 Å². The van der Waals surface area contributed by atoms with Crippen LogP contribution in [0.25, 0.3) is 0 Å². The maximum absolute atomic E-state index is 5.51. The molecule has 1 rings (SSSR count). The van der Waals surface area contributed by atoms with Crippen LogP contribution in [0.15, 0.2) is 6.07 Å². The van der Waals surface area contributed by atoms with Gasteiger partial charge in [0.25, 0.3) is 0 Å². The Kier molecular flexibility index (Phi) is 3.98. The highest BCUT2D eigenvalue weighted by Crippen LogP contribution is 2.04. The second-order valence-corrected chi connectivity index (χ2v) is 3.61. The highest BCUT2D eigenvalue weighted by Gasteiger charge is 2.03. The molecule has 3 N–H and O–H groups in total. The molecule has 0 aliphatic carbocycles. The van der Waals surface area contributed by atoms with Crippen LogP contribution >= 0.6 is 0 Å². The molecule has 1 unspecified atom stereocenters. The topological polar surface area (TPSA) is 63.8 Å². The number of nitrogens with zero attached hydrogens (tertiary/aromatic N) is 2. The predicted octanol–water partition coefficient (Wildman–Crippen LogP) is 0.530.